The number of carboxylic acids is 1. The second-order valence-corrected chi connectivity index (χ2v) is 6.16. The van der Waals surface area contributed by atoms with Gasteiger partial charge in [0.2, 0.25) is 0 Å². The molecule has 0 radical (unpaired) electrons. The quantitative estimate of drug-likeness (QED) is 0.879. The summed E-state index contributed by atoms with van der Waals surface area (Å²) in [6, 6.07) is 9.24. The van der Waals surface area contributed by atoms with E-state index in [0.717, 1.165) is 24.0 Å². The Bertz CT molecular complexity index is 828. The van der Waals surface area contributed by atoms with Crippen molar-refractivity contribution in [1.82, 2.24) is 4.98 Å². The number of fused-ring (bicyclic) bond motifs is 3. The Morgan fingerprint density at radius 1 is 1.32 bits per heavy atom. The van der Waals surface area contributed by atoms with Gasteiger partial charge >= 0.3 is 12.1 Å². The van der Waals surface area contributed by atoms with Crippen LogP contribution in [0.5, 0.6) is 0 Å². The largest absolute Gasteiger partial charge is 0.478 e. The average Bonchev–Trinajstić information content (AvgIpc) is 2.67. The zero-order valence-electron chi connectivity index (χ0n) is 14.2. The third-order valence-corrected chi connectivity index (χ3v) is 4.96. The Morgan fingerprint density at radius 2 is 2.04 bits per heavy atom. The maximum absolute atomic E-state index is 12.2. The van der Waals surface area contributed by atoms with E-state index < -0.39 is 12.1 Å². The number of aromatic nitrogens is 1. The van der Waals surface area contributed by atoms with Gasteiger partial charge in [0, 0.05) is 17.2 Å². The molecule has 0 bridgehead atoms. The number of benzene rings is 1. The fourth-order valence-electron chi connectivity index (χ4n) is 3.31. The molecule has 1 amide bonds. The summed E-state index contributed by atoms with van der Waals surface area (Å²) in [5.74, 6) is -1.10. The Balaban J connectivity index is 2.29. The van der Waals surface area contributed by atoms with Crippen LogP contribution in [0.4, 0.5) is 10.5 Å². The number of ether oxygens (including phenoxy) is 1. The molecule has 0 aliphatic carbocycles. The summed E-state index contributed by atoms with van der Waals surface area (Å²) in [6.07, 6.45) is 2.31. The second kappa shape index (κ2) is 6.55. The summed E-state index contributed by atoms with van der Waals surface area (Å²) in [6.45, 7) is 4.39. The fourth-order valence-corrected chi connectivity index (χ4v) is 3.31. The van der Waals surface area contributed by atoms with Gasteiger partial charge < -0.3 is 9.84 Å². The number of hydrogen-bond donors (Lipinski definition) is 2. The Labute approximate surface area is 145 Å². The maximum atomic E-state index is 12.2. The van der Waals surface area contributed by atoms with Crippen LogP contribution in [0.3, 0.4) is 0 Å². The highest BCUT2D eigenvalue weighted by molar-refractivity contribution is 5.95. The smallest absolute Gasteiger partial charge is 0.411 e. The topological polar surface area (TPSA) is 88.5 Å². The molecule has 3 rings (SSSR count). The van der Waals surface area contributed by atoms with Crippen LogP contribution in [-0.2, 0) is 10.2 Å². The molecular formula is C19H20N2O4. The molecule has 1 aliphatic rings. The molecule has 2 N–H and O–H groups in total. The van der Waals surface area contributed by atoms with Crippen molar-refractivity contribution in [1.29, 1.82) is 0 Å². The van der Waals surface area contributed by atoms with E-state index in [-0.39, 0.29) is 17.6 Å². The second-order valence-electron chi connectivity index (χ2n) is 6.16. The zero-order chi connectivity index (χ0) is 18.0. The summed E-state index contributed by atoms with van der Waals surface area (Å²) in [5.41, 5.74) is 2.50. The number of carbonyl (C=O) groups excluding carboxylic acids is 1. The van der Waals surface area contributed by atoms with Gasteiger partial charge in [-0.1, -0.05) is 38.1 Å². The first-order chi connectivity index (χ1) is 12.0. The van der Waals surface area contributed by atoms with Crippen molar-refractivity contribution in [3.8, 4) is 11.3 Å². The molecule has 0 atom stereocenters. The van der Waals surface area contributed by atoms with Crippen molar-refractivity contribution in [3.05, 3.63) is 47.7 Å². The number of nitrogens with zero attached hydrogens (tertiary/aromatic N) is 1. The third-order valence-electron chi connectivity index (χ3n) is 4.96. The van der Waals surface area contributed by atoms with Crippen molar-refractivity contribution < 1.29 is 19.4 Å². The van der Waals surface area contributed by atoms with Crippen LogP contribution in [0.2, 0.25) is 0 Å². The van der Waals surface area contributed by atoms with Crippen molar-refractivity contribution in [2.24, 2.45) is 0 Å². The molecule has 0 unspecified atom stereocenters. The highest BCUT2D eigenvalue weighted by atomic mass is 16.5. The highest BCUT2D eigenvalue weighted by Gasteiger charge is 2.34. The highest BCUT2D eigenvalue weighted by Crippen LogP contribution is 2.41. The van der Waals surface area contributed by atoms with Gasteiger partial charge in [-0.15, -0.1) is 0 Å². The lowest BCUT2D eigenvalue weighted by Crippen LogP contribution is -2.32. The van der Waals surface area contributed by atoms with Gasteiger partial charge in [-0.3, -0.25) is 10.3 Å². The van der Waals surface area contributed by atoms with E-state index in [2.05, 4.69) is 24.1 Å². The molecule has 1 aliphatic heterocycles. The number of anilines is 1. The molecule has 2 aromatic rings. The average molecular weight is 340 g/mol. The number of hydrogen-bond acceptors (Lipinski definition) is 4. The van der Waals surface area contributed by atoms with E-state index >= 15 is 0 Å². The van der Waals surface area contributed by atoms with Crippen LogP contribution in [0.15, 0.2) is 36.5 Å². The fraction of sp³-hybridized carbons (Fsp3) is 0.316. The number of nitrogens with one attached hydrogen (secondary N) is 1. The van der Waals surface area contributed by atoms with Crippen LogP contribution in [0, 0.1) is 0 Å². The lowest BCUT2D eigenvalue weighted by Gasteiger charge is -2.32. The summed E-state index contributed by atoms with van der Waals surface area (Å²) in [7, 11) is 0. The van der Waals surface area contributed by atoms with Crippen molar-refractivity contribution in [2.45, 2.75) is 32.1 Å². The summed E-state index contributed by atoms with van der Waals surface area (Å²) < 4.78 is 5.45. The van der Waals surface area contributed by atoms with Crippen LogP contribution in [0.1, 0.15) is 42.6 Å². The van der Waals surface area contributed by atoms with Gasteiger partial charge in [-0.25, -0.2) is 9.59 Å². The molecule has 6 heteroatoms. The molecule has 0 spiro atoms. The lowest BCUT2D eigenvalue weighted by molar-refractivity contribution is 0.0696. The molecule has 25 heavy (non-hydrogen) atoms. The maximum Gasteiger partial charge on any atom is 0.411 e. The van der Waals surface area contributed by atoms with E-state index in [1.807, 2.05) is 24.3 Å². The first-order valence-electron chi connectivity index (χ1n) is 8.27. The Hall–Kier alpha value is -2.89. The predicted octanol–water partition coefficient (Wildman–Crippen LogP) is 4.07. The van der Waals surface area contributed by atoms with Crippen LogP contribution in [0.25, 0.3) is 11.3 Å². The molecule has 0 saturated carbocycles. The number of amides is 1. The number of cyclic esters (lactones) is 1. The minimum absolute atomic E-state index is 0.00743. The van der Waals surface area contributed by atoms with Crippen molar-refractivity contribution in [3.63, 3.8) is 0 Å². The third kappa shape index (κ3) is 2.95. The summed E-state index contributed by atoms with van der Waals surface area (Å²) >= 11 is 0. The van der Waals surface area contributed by atoms with Gasteiger partial charge in [0.1, 0.15) is 6.61 Å². The summed E-state index contributed by atoms with van der Waals surface area (Å²) in [5, 5.41) is 11.8. The van der Waals surface area contributed by atoms with Gasteiger partial charge in [0.15, 0.2) is 0 Å². The number of carbonyl (C=O) groups is 2. The van der Waals surface area contributed by atoms with Gasteiger partial charge in [0.25, 0.3) is 0 Å². The number of aromatic carboxylic acids is 1. The molecule has 0 saturated heterocycles. The minimum Gasteiger partial charge on any atom is -0.478 e. The monoisotopic (exact) mass is 340 g/mol. The van der Waals surface area contributed by atoms with E-state index in [4.69, 9.17) is 4.74 Å². The van der Waals surface area contributed by atoms with E-state index in [0.29, 0.717) is 11.4 Å². The van der Waals surface area contributed by atoms with Crippen LogP contribution < -0.4 is 5.32 Å². The van der Waals surface area contributed by atoms with Gasteiger partial charge in [-0.2, -0.15) is 0 Å². The van der Waals surface area contributed by atoms with Crippen LogP contribution in [-0.4, -0.2) is 28.8 Å². The molecule has 1 aromatic carbocycles. The SMILES string of the molecule is CCC1(CC)COC(=O)Nc2cc(C(=O)O)cnc2-c2ccccc21. The predicted molar refractivity (Wildman–Crippen MR) is 93.9 cm³/mol. The van der Waals surface area contributed by atoms with E-state index in [1.54, 1.807) is 0 Å². The van der Waals surface area contributed by atoms with E-state index in [9.17, 15) is 14.7 Å². The molecule has 6 nitrogen and oxygen atoms in total. The number of pyridine rings is 1. The van der Waals surface area contributed by atoms with Gasteiger partial charge in [0.05, 0.1) is 16.9 Å². The lowest BCUT2D eigenvalue weighted by atomic mass is 9.74. The normalized spacial score (nSPS) is 15.5. The molecule has 1 aromatic heterocycles. The van der Waals surface area contributed by atoms with E-state index in [1.165, 1.54) is 12.3 Å². The van der Waals surface area contributed by atoms with Gasteiger partial charge in [-0.05, 0) is 24.5 Å². The first kappa shape index (κ1) is 17.0. The van der Waals surface area contributed by atoms with Crippen molar-refractivity contribution >= 4 is 17.7 Å². The Kier molecular flexibility index (Phi) is 4.44. The summed E-state index contributed by atoms with van der Waals surface area (Å²) in [4.78, 5) is 27.8. The molecular weight excluding hydrogens is 320 g/mol. The van der Waals surface area contributed by atoms with Crippen molar-refractivity contribution in [2.75, 3.05) is 11.9 Å². The number of carboxylic acid groups (broad SMARTS) is 1. The minimum atomic E-state index is -1.10. The van der Waals surface area contributed by atoms with Crippen LogP contribution >= 0.6 is 0 Å². The standard InChI is InChI=1S/C19H20N2O4/c1-3-19(4-2)11-25-18(24)21-15-9-12(17(22)23)10-20-16(15)13-7-5-6-8-14(13)19/h5-10H,3-4,11H2,1-2H3,(H,21,24)(H,22,23). The first-order valence-corrected chi connectivity index (χ1v) is 8.27. The molecule has 0 fully saturated rings. The molecule has 2 heterocycles. The number of rotatable bonds is 3. The Morgan fingerprint density at radius 3 is 2.72 bits per heavy atom. The molecule has 130 valence electrons. The zero-order valence-corrected chi connectivity index (χ0v) is 14.2.